The molecule has 2 aromatic rings. The molecule has 0 bridgehead atoms. The number of hydrogen-bond donors (Lipinski definition) is 2. The number of pyridine rings is 1. The standard InChI is InChI=1S/C21H24N4O4/c26-21(25-9-3-5-18(25)16-4-1-2-8-22-16)17-10-14(23-24-17)12-27-15-6-7-19-20(11-15)29-13-28-19/h1-2,4,6-8,11,14,17-18,23-24H,3,5,9-10,12-13H2. The molecule has 0 spiro atoms. The summed E-state index contributed by atoms with van der Waals surface area (Å²) in [5, 5.41) is 0. The van der Waals surface area contributed by atoms with Gasteiger partial charge in [-0.3, -0.25) is 15.2 Å². The third-order valence-corrected chi connectivity index (χ3v) is 5.64. The van der Waals surface area contributed by atoms with Gasteiger partial charge >= 0.3 is 0 Å². The van der Waals surface area contributed by atoms with Gasteiger partial charge in [-0.25, -0.2) is 5.43 Å². The second-order valence-electron chi connectivity index (χ2n) is 7.54. The number of carbonyl (C=O) groups excluding carboxylic acids is 1. The number of likely N-dealkylation sites (tertiary alicyclic amines) is 1. The van der Waals surface area contributed by atoms with Crippen molar-refractivity contribution in [3.05, 3.63) is 48.3 Å². The lowest BCUT2D eigenvalue weighted by Gasteiger charge is -2.26. The molecule has 2 N–H and O–H groups in total. The minimum atomic E-state index is -0.260. The highest BCUT2D eigenvalue weighted by atomic mass is 16.7. The molecule has 1 amide bonds. The summed E-state index contributed by atoms with van der Waals surface area (Å²) in [6.45, 7) is 1.48. The summed E-state index contributed by atoms with van der Waals surface area (Å²) in [6, 6.07) is 11.3. The predicted octanol–water partition coefficient (Wildman–Crippen LogP) is 1.79. The van der Waals surface area contributed by atoms with E-state index < -0.39 is 0 Å². The first-order chi connectivity index (χ1) is 14.3. The molecule has 3 aliphatic rings. The first-order valence-corrected chi connectivity index (χ1v) is 10.0. The number of fused-ring (bicyclic) bond motifs is 1. The molecular formula is C21H24N4O4. The van der Waals surface area contributed by atoms with E-state index in [1.54, 1.807) is 6.20 Å². The number of hydrogen-bond acceptors (Lipinski definition) is 7. The Hall–Kier alpha value is -2.84. The molecule has 3 atom stereocenters. The van der Waals surface area contributed by atoms with Crippen molar-refractivity contribution in [2.24, 2.45) is 0 Å². The molecule has 8 nitrogen and oxygen atoms in total. The van der Waals surface area contributed by atoms with Gasteiger partial charge in [0, 0.05) is 18.8 Å². The molecule has 0 aliphatic carbocycles. The van der Waals surface area contributed by atoms with Gasteiger partial charge in [-0.15, -0.1) is 0 Å². The van der Waals surface area contributed by atoms with E-state index in [9.17, 15) is 4.79 Å². The minimum Gasteiger partial charge on any atom is -0.492 e. The molecule has 3 aliphatic heterocycles. The zero-order chi connectivity index (χ0) is 19.6. The van der Waals surface area contributed by atoms with Crippen LogP contribution in [0.25, 0.3) is 0 Å². The number of aromatic nitrogens is 1. The highest BCUT2D eigenvalue weighted by Crippen LogP contribution is 2.35. The van der Waals surface area contributed by atoms with Crippen molar-refractivity contribution in [3.63, 3.8) is 0 Å². The highest BCUT2D eigenvalue weighted by Gasteiger charge is 2.38. The predicted molar refractivity (Wildman–Crippen MR) is 104 cm³/mol. The summed E-state index contributed by atoms with van der Waals surface area (Å²) in [6.07, 6.45) is 4.42. The molecule has 0 saturated carbocycles. The van der Waals surface area contributed by atoms with Gasteiger partial charge in [0.1, 0.15) is 18.4 Å². The van der Waals surface area contributed by atoms with Crippen molar-refractivity contribution >= 4 is 5.91 Å². The number of nitrogens with zero attached hydrogens (tertiary/aromatic N) is 2. The van der Waals surface area contributed by atoms with Crippen LogP contribution in [0.5, 0.6) is 17.2 Å². The van der Waals surface area contributed by atoms with Gasteiger partial charge < -0.3 is 19.1 Å². The Morgan fingerprint density at radius 3 is 3.03 bits per heavy atom. The van der Waals surface area contributed by atoms with E-state index in [0.29, 0.717) is 18.8 Å². The van der Waals surface area contributed by atoms with Crippen molar-refractivity contribution in [3.8, 4) is 17.2 Å². The third kappa shape index (κ3) is 3.73. The van der Waals surface area contributed by atoms with Crippen molar-refractivity contribution in [1.29, 1.82) is 0 Å². The molecule has 5 rings (SSSR count). The number of benzene rings is 1. The molecule has 4 heterocycles. The van der Waals surface area contributed by atoms with E-state index >= 15 is 0 Å². The van der Waals surface area contributed by atoms with Crippen LogP contribution in [0.2, 0.25) is 0 Å². The number of amides is 1. The van der Waals surface area contributed by atoms with Gasteiger partial charge in [0.15, 0.2) is 11.5 Å². The van der Waals surface area contributed by atoms with E-state index in [4.69, 9.17) is 14.2 Å². The van der Waals surface area contributed by atoms with Crippen LogP contribution < -0.4 is 25.1 Å². The van der Waals surface area contributed by atoms with Gasteiger partial charge in [0.05, 0.1) is 17.8 Å². The van der Waals surface area contributed by atoms with Gasteiger partial charge in [-0.05, 0) is 43.5 Å². The van der Waals surface area contributed by atoms with E-state index in [1.165, 1.54) is 0 Å². The molecule has 1 aromatic heterocycles. The van der Waals surface area contributed by atoms with E-state index in [-0.39, 0.29) is 30.8 Å². The van der Waals surface area contributed by atoms with Crippen LogP contribution >= 0.6 is 0 Å². The minimum absolute atomic E-state index is 0.0466. The summed E-state index contributed by atoms with van der Waals surface area (Å²) < 4.78 is 16.6. The Morgan fingerprint density at radius 2 is 2.14 bits per heavy atom. The Kier molecular flexibility index (Phi) is 4.95. The Labute approximate surface area is 169 Å². The van der Waals surface area contributed by atoms with Gasteiger partial charge in [-0.2, -0.15) is 0 Å². The highest BCUT2D eigenvalue weighted by molar-refractivity contribution is 5.83. The van der Waals surface area contributed by atoms with Crippen LogP contribution in [-0.4, -0.2) is 47.8 Å². The zero-order valence-corrected chi connectivity index (χ0v) is 16.0. The van der Waals surface area contributed by atoms with Crippen LogP contribution in [0, 0.1) is 0 Å². The van der Waals surface area contributed by atoms with Crippen LogP contribution in [0.15, 0.2) is 42.6 Å². The number of rotatable bonds is 5. The zero-order valence-electron chi connectivity index (χ0n) is 16.0. The van der Waals surface area contributed by atoms with Gasteiger partial charge in [0.25, 0.3) is 0 Å². The maximum Gasteiger partial charge on any atom is 0.241 e. The largest absolute Gasteiger partial charge is 0.492 e. The van der Waals surface area contributed by atoms with Crippen LogP contribution in [0.1, 0.15) is 31.0 Å². The Bertz CT molecular complexity index is 878. The molecule has 2 fully saturated rings. The first kappa shape index (κ1) is 18.2. The van der Waals surface area contributed by atoms with Gasteiger partial charge in [-0.1, -0.05) is 6.07 Å². The monoisotopic (exact) mass is 396 g/mol. The Balaban J connectivity index is 1.17. The van der Waals surface area contributed by atoms with Crippen molar-refractivity contribution in [2.45, 2.75) is 37.4 Å². The molecular weight excluding hydrogens is 372 g/mol. The van der Waals surface area contributed by atoms with Crippen LogP contribution in [0.3, 0.4) is 0 Å². The summed E-state index contributed by atoms with van der Waals surface area (Å²) in [7, 11) is 0. The fourth-order valence-electron chi connectivity index (χ4n) is 4.17. The summed E-state index contributed by atoms with van der Waals surface area (Å²) >= 11 is 0. The molecule has 3 unspecified atom stereocenters. The Morgan fingerprint density at radius 1 is 1.21 bits per heavy atom. The fraction of sp³-hybridized carbons (Fsp3) is 0.429. The summed E-state index contributed by atoms with van der Waals surface area (Å²) in [5.41, 5.74) is 7.31. The number of nitrogens with one attached hydrogen (secondary N) is 2. The smallest absolute Gasteiger partial charge is 0.241 e. The molecule has 1 aromatic carbocycles. The SMILES string of the molecule is O=C(C1CC(COc2ccc3c(c2)OCO3)NN1)N1CCCC1c1ccccn1. The maximum atomic E-state index is 13.1. The average molecular weight is 396 g/mol. The number of ether oxygens (including phenoxy) is 3. The molecule has 152 valence electrons. The lowest BCUT2D eigenvalue weighted by molar-refractivity contribution is -0.134. The second kappa shape index (κ2) is 7.88. The topological polar surface area (TPSA) is 85.0 Å². The molecule has 0 radical (unpaired) electrons. The summed E-state index contributed by atoms with van der Waals surface area (Å²) in [4.78, 5) is 19.5. The quantitative estimate of drug-likeness (QED) is 0.797. The maximum absolute atomic E-state index is 13.1. The lowest BCUT2D eigenvalue weighted by Crippen LogP contribution is -2.45. The third-order valence-electron chi connectivity index (χ3n) is 5.64. The molecule has 29 heavy (non-hydrogen) atoms. The van der Waals surface area contributed by atoms with E-state index in [1.807, 2.05) is 41.3 Å². The van der Waals surface area contributed by atoms with Crippen molar-refractivity contribution in [1.82, 2.24) is 20.7 Å². The van der Waals surface area contributed by atoms with Crippen LogP contribution in [0.4, 0.5) is 0 Å². The molecule has 2 saturated heterocycles. The number of carbonyl (C=O) groups is 1. The van der Waals surface area contributed by atoms with E-state index in [0.717, 1.165) is 36.6 Å². The van der Waals surface area contributed by atoms with Crippen LogP contribution in [-0.2, 0) is 4.79 Å². The fourth-order valence-corrected chi connectivity index (χ4v) is 4.17. The lowest BCUT2D eigenvalue weighted by atomic mass is 10.1. The first-order valence-electron chi connectivity index (χ1n) is 10.0. The molecule has 8 heteroatoms. The average Bonchev–Trinajstić information content (AvgIpc) is 3.52. The normalized spacial score (nSPS) is 25.4. The van der Waals surface area contributed by atoms with Gasteiger partial charge in [0.2, 0.25) is 12.7 Å². The summed E-state index contributed by atoms with van der Waals surface area (Å²) in [5.74, 6) is 2.27. The van der Waals surface area contributed by atoms with E-state index in [2.05, 4.69) is 15.8 Å². The second-order valence-corrected chi connectivity index (χ2v) is 7.54. The van der Waals surface area contributed by atoms with Crippen molar-refractivity contribution in [2.75, 3.05) is 19.9 Å². The van der Waals surface area contributed by atoms with Crippen molar-refractivity contribution < 1.29 is 19.0 Å². The number of hydrazine groups is 1.